The Labute approximate surface area is 111 Å². The van der Waals surface area contributed by atoms with Gasteiger partial charge in [0, 0.05) is 25.9 Å². The van der Waals surface area contributed by atoms with Crippen molar-refractivity contribution in [3.8, 4) is 0 Å². The molecule has 0 unspecified atom stereocenters. The molecule has 1 aliphatic rings. The van der Waals surface area contributed by atoms with Gasteiger partial charge in [-0.25, -0.2) is 9.18 Å². The summed E-state index contributed by atoms with van der Waals surface area (Å²) in [6.45, 7) is 1.40. The van der Waals surface area contributed by atoms with Gasteiger partial charge < -0.3 is 15.2 Å². The molecule has 0 radical (unpaired) electrons. The van der Waals surface area contributed by atoms with Crippen molar-refractivity contribution in [3.05, 3.63) is 29.6 Å². The summed E-state index contributed by atoms with van der Waals surface area (Å²) in [5, 5.41) is 12.2. The third-order valence-corrected chi connectivity index (χ3v) is 3.66. The Kier molecular flexibility index (Phi) is 4.04. The molecule has 19 heavy (non-hydrogen) atoms. The van der Waals surface area contributed by atoms with Gasteiger partial charge in [-0.1, -0.05) is 0 Å². The molecule has 5 heteroatoms. The largest absolute Gasteiger partial charge is 0.478 e. The van der Waals surface area contributed by atoms with Crippen LogP contribution in [0.4, 0.5) is 10.1 Å². The van der Waals surface area contributed by atoms with Gasteiger partial charge in [-0.05, 0) is 42.9 Å². The highest BCUT2D eigenvalue weighted by molar-refractivity contribution is 5.94. The summed E-state index contributed by atoms with van der Waals surface area (Å²) in [5.74, 6) is -1.66. The third kappa shape index (κ3) is 3.44. The summed E-state index contributed by atoms with van der Waals surface area (Å²) in [6, 6.07) is 3.79. The number of methoxy groups -OCH3 is 1. The fraction of sp³-hybridized carbons (Fsp3) is 0.500. The first-order valence-corrected chi connectivity index (χ1v) is 6.32. The molecule has 1 aromatic carbocycles. The Morgan fingerprint density at radius 2 is 2.26 bits per heavy atom. The molecule has 4 nitrogen and oxygen atoms in total. The lowest BCUT2D eigenvalue weighted by atomic mass is 10.0. The zero-order chi connectivity index (χ0) is 13.9. The minimum Gasteiger partial charge on any atom is -0.478 e. The highest BCUT2D eigenvalue weighted by Crippen LogP contribution is 2.48. The van der Waals surface area contributed by atoms with Gasteiger partial charge in [0.2, 0.25) is 0 Å². The number of benzene rings is 1. The van der Waals surface area contributed by atoms with Crippen molar-refractivity contribution >= 4 is 11.7 Å². The van der Waals surface area contributed by atoms with Crippen molar-refractivity contribution in [3.63, 3.8) is 0 Å². The van der Waals surface area contributed by atoms with Crippen LogP contribution in [0.15, 0.2) is 18.2 Å². The molecular formula is C14H18FNO3. The maximum atomic E-state index is 13.1. The Morgan fingerprint density at radius 1 is 1.53 bits per heavy atom. The number of carboxylic acid groups (broad SMARTS) is 1. The minimum absolute atomic E-state index is 0.0254. The summed E-state index contributed by atoms with van der Waals surface area (Å²) < 4.78 is 18.1. The lowest BCUT2D eigenvalue weighted by molar-refractivity contribution is 0.0697. The summed E-state index contributed by atoms with van der Waals surface area (Å²) in [7, 11) is 1.67. The van der Waals surface area contributed by atoms with Crippen molar-refractivity contribution in [2.24, 2.45) is 5.41 Å². The van der Waals surface area contributed by atoms with Gasteiger partial charge in [0.25, 0.3) is 0 Å². The monoisotopic (exact) mass is 267 g/mol. The van der Waals surface area contributed by atoms with Crippen LogP contribution >= 0.6 is 0 Å². The molecule has 0 spiro atoms. The first kappa shape index (κ1) is 13.8. The summed E-state index contributed by atoms with van der Waals surface area (Å²) >= 11 is 0. The first-order valence-electron chi connectivity index (χ1n) is 6.32. The minimum atomic E-state index is -1.12. The van der Waals surface area contributed by atoms with Gasteiger partial charge in [-0.2, -0.15) is 0 Å². The lowest BCUT2D eigenvalue weighted by Crippen LogP contribution is -2.18. The number of ether oxygens (including phenoxy) is 1. The van der Waals surface area contributed by atoms with E-state index in [0.29, 0.717) is 18.8 Å². The van der Waals surface area contributed by atoms with E-state index in [-0.39, 0.29) is 11.0 Å². The van der Waals surface area contributed by atoms with Gasteiger partial charge in [-0.3, -0.25) is 0 Å². The van der Waals surface area contributed by atoms with Crippen molar-refractivity contribution in [1.29, 1.82) is 0 Å². The molecule has 104 valence electrons. The quantitative estimate of drug-likeness (QED) is 0.797. The van der Waals surface area contributed by atoms with Crippen LogP contribution in [0.3, 0.4) is 0 Å². The molecule has 0 aromatic heterocycles. The number of carboxylic acids is 1. The molecule has 0 heterocycles. The molecule has 0 amide bonds. The van der Waals surface area contributed by atoms with E-state index in [4.69, 9.17) is 9.84 Å². The van der Waals surface area contributed by atoms with E-state index in [2.05, 4.69) is 5.32 Å². The van der Waals surface area contributed by atoms with Gasteiger partial charge in [0.15, 0.2) is 0 Å². The summed E-state index contributed by atoms with van der Waals surface area (Å²) in [5.41, 5.74) is 0.653. The second-order valence-electron chi connectivity index (χ2n) is 5.09. The van der Waals surface area contributed by atoms with Crippen LogP contribution in [-0.2, 0) is 4.74 Å². The van der Waals surface area contributed by atoms with Crippen molar-refractivity contribution < 1.29 is 19.0 Å². The number of rotatable bonds is 7. The number of aromatic carboxylic acids is 1. The van der Waals surface area contributed by atoms with E-state index in [1.165, 1.54) is 12.1 Å². The zero-order valence-corrected chi connectivity index (χ0v) is 10.9. The second-order valence-corrected chi connectivity index (χ2v) is 5.09. The van der Waals surface area contributed by atoms with Crippen LogP contribution in [0, 0.1) is 11.2 Å². The van der Waals surface area contributed by atoms with E-state index >= 15 is 0 Å². The molecule has 0 atom stereocenters. The van der Waals surface area contributed by atoms with Gasteiger partial charge in [0.1, 0.15) is 5.82 Å². The van der Waals surface area contributed by atoms with E-state index in [1.807, 2.05) is 0 Å². The predicted molar refractivity (Wildman–Crippen MR) is 70.0 cm³/mol. The Bertz CT molecular complexity index is 472. The van der Waals surface area contributed by atoms with Crippen LogP contribution in [0.25, 0.3) is 0 Å². The topological polar surface area (TPSA) is 58.6 Å². The maximum Gasteiger partial charge on any atom is 0.337 e. The van der Waals surface area contributed by atoms with Crippen molar-refractivity contribution in [2.75, 3.05) is 25.6 Å². The molecule has 0 saturated heterocycles. The summed E-state index contributed by atoms with van der Waals surface area (Å²) in [4.78, 5) is 11.1. The van der Waals surface area contributed by atoms with Gasteiger partial charge >= 0.3 is 5.97 Å². The normalized spacial score (nSPS) is 16.1. The number of nitrogens with one attached hydrogen (secondary N) is 1. The predicted octanol–water partition coefficient (Wildman–Crippen LogP) is 2.75. The highest BCUT2D eigenvalue weighted by atomic mass is 19.1. The summed E-state index contributed by atoms with van der Waals surface area (Å²) in [6.07, 6.45) is 3.19. The fourth-order valence-corrected chi connectivity index (χ4v) is 2.14. The molecule has 0 bridgehead atoms. The van der Waals surface area contributed by atoms with Crippen LogP contribution < -0.4 is 5.32 Å². The number of anilines is 1. The average molecular weight is 267 g/mol. The van der Waals surface area contributed by atoms with Crippen LogP contribution in [0.2, 0.25) is 0 Å². The molecular weight excluding hydrogens is 249 g/mol. The molecule has 2 rings (SSSR count). The highest BCUT2D eigenvalue weighted by Gasteiger charge is 2.41. The van der Waals surface area contributed by atoms with Crippen LogP contribution in [-0.4, -0.2) is 31.3 Å². The molecule has 1 fully saturated rings. The average Bonchev–Trinajstić information content (AvgIpc) is 3.15. The van der Waals surface area contributed by atoms with Crippen LogP contribution in [0.1, 0.15) is 29.6 Å². The van der Waals surface area contributed by atoms with Crippen molar-refractivity contribution in [2.45, 2.75) is 19.3 Å². The number of carbonyl (C=O) groups is 1. The maximum absolute atomic E-state index is 13.1. The molecule has 1 saturated carbocycles. The number of hydrogen-bond acceptors (Lipinski definition) is 3. The first-order chi connectivity index (χ1) is 9.06. The van der Waals surface area contributed by atoms with E-state index in [0.717, 1.165) is 25.3 Å². The Hall–Kier alpha value is -1.62. The van der Waals surface area contributed by atoms with E-state index in [9.17, 15) is 9.18 Å². The SMILES string of the molecule is COCCC1(CNc2ccc(F)cc2C(=O)O)CC1. The number of hydrogen-bond donors (Lipinski definition) is 2. The lowest BCUT2D eigenvalue weighted by Gasteiger charge is -2.17. The van der Waals surface area contributed by atoms with E-state index in [1.54, 1.807) is 7.11 Å². The molecule has 2 N–H and O–H groups in total. The Morgan fingerprint density at radius 3 is 2.84 bits per heavy atom. The van der Waals surface area contributed by atoms with Gasteiger partial charge in [-0.15, -0.1) is 0 Å². The number of halogens is 1. The third-order valence-electron chi connectivity index (χ3n) is 3.66. The zero-order valence-electron chi connectivity index (χ0n) is 10.9. The van der Waals surface area contributed by atoms with Gasteiger partial charge in [0.05, 0.1) is 5.56 Å². The van der Waals surface area contributed by atoms with E-state index < -0.39 is 11.8 Å². The second kappa shape index (κ2) is 5.57. The van der Waals surface area contributed by atoms with Crippen LogP contribution in [0.5, 0.6) is 0 Å². The Balaban J connectivity index is 2.01. The van der Waals surface area contributed by atoms with Crippen molar-refractivity contribution in [1.82, 2.24) is 0 Å². The molecule has 1 aliphatic carbocycles. The standard InChI is InChI=1S/C14H18FNO3/c1-19-7-6-14(4-5-14)9-16-12-3-2-10(15)8-11(12)13(17)18/h2-3,8,16H,4-7,9H2,1H3,(H,17,18). The fourth-order valence-electron chi connectivity index (χ4n) is 2.14. The smallest absolute Gasteiger partial charge is 0.337 e. The molecule has 0 aliphatic heterocycles. The molecule has 1 aromatic rings.